The van der Waals surface area contributed by atoms with E-state index in [1.54, 1.807) is 23.2 Å². The number of carbonyl (C=O) groups is 1. The highest BCUT2D eigenvalue weighted by Crippen LogP contribution is 2.34. The molecule has 0 amide bonds. The van der Waals surface area contributed by atoms with Crippen LogP contribution in [0.1, 0.15) is 61.8 Å². The van der Waals surface area contributed by atoms with Crippen molar-refractivity contribution in [3.63, 3.8) is 0 Å². The van der Waals surface area contributed by atoms with Crippen LogP contribution in [0.25, 0.3) is 0 Å². The van der Waals surface area contributed by atoms with Crippen molar-refractivity contribution in [1.29, 1.82) is 0 Å². The van der Waals surface area contributed by atoms with Gasteiger partial charge in [0.25, 0.3) is 0 Å². The Labute approximate surface area is 179 Å². The molecular weight excluding hydrogens is 408 g/mol. The third kappa shape index (κ3) is 5.71. The SMILES string of the molecule is CCCCCN1N=C(C(=O)CCc2ccccc2C(F)(F)F)CC1c1ccccc1F. The molecule has 0 saturated heterocycles. The van der Waals surface area contributed by atoms with E-state index in [9.17, 15) is 22.4 Å². The Morgan fingerprint density at radius 3 is 2.52 bits per heavy atom. The Morgan fingerprint density at radius 2 is 1.81 bits per heavy atom. The maximum absolute atomic E-state index is 14.4. The van der Waals surface area contributed by atoms with Crippen molar-refractivity contribution < 1.29 is 22.4 Å². The molecule has 0 fully saturated rings. The zero-order valence-corrected chi connectivity index (χ0v) is 17.5. The van der Waals surface area contributed by atoms with Gasteiger partial charge in [0, 0.05) is 24.9 Å². The number of aryl methyl sites for hydroxylation is 1. The summed E-state index contributed by atoms with van der Waals surface area (Å²) in [6.07, 6.45) is -1.42. The fourth-order valence-corrected chi connectivity index (χ4v) is 3.88. The number of unbranched alkanes of at least 4 members (excludes halogenated alkanes) is 2. The molecule has 2 aromatic rings. The van der Waals surface area contributed by atoms with E-state index in [1.807, 2.05) is 0 Å². The number of rotatable bonds is 9. The summed E-state index contributed by atoms with van der Waals surface area (Å²) < 4.78 is 54.0. The Balaban J connectivity index is 1.73. The van der Waals surface area contributed by atoms with E-state index >= 15 is 0 Å². The number of carbonyl (C=O) groups excluding carboxylic acids is 1. The number of nitrogens with zero attached hydrogens (tertiary/aromatic N) is 2. The molecule has 166 valence electrons. The van der Waals surface area contributed by atoms with Crippen LogP contribution in [-0.4, -0.2) is 23.0 Å². The van der Waals surface area contributed by atoms with Gasteiger partial charge in [0.15, 0.2) is 5.78 Å². The summed E-state index contributed by atoms with van der Waals surface area (Å²) in [5.74, 6) is -0.646. The Morgan fingerprint density at radius 1 is 1.10 bits per heavy atom. The van der Waals surface area contributed by atoms with Gasteiger partial charge in [-0.25, -0.2) is 4.39 Å². The van der Waals surface area contributed by atoms with Crippen LogP contribution < -0.4 is 0 Å². The van der Waals surface area contributed by atoms with Crippen LogP contribution in [-0.2, 0) is 17.4 Å². The highest BCUT2D eigenvalue weighted by Gasteiger charge is 2.34. The van der Waals surface area contributed by atoms with Crippen molar-refractivity contribution >= 4 is 11.5 Å². The van der Waals surface area contributed by atoms with Gasteiger partial charge in [0.1, 0.15) is 11.5 Å². The Hall–Kier alpha value is -2.70. The smallest absolute Gasteiger partial charge is 0.293 e. The fourth-order valence-electron chi connectivity index (χ4n) is 3.88. The summed E-state index contributed by atoms with van der Waals surface area (Å²) in [7, 11) is 0. The molecule has 1 heterocycles. The molecule has 1 unspecified atom stereocenters. The summed E-state index contributed by atoms with van der Waals surface area (Å²) in [5, 5.41) is 6.21. The highest BCUT2D eigenvalue weighted by molar-refractivity contribution is 6.40. The van der Waals surface area contributed by atoms with Crippen LogP contribution in [0.5, 0.6) is 0 Å². The minimum Gasteiger partial charge on any atom is -0.293 e. The number of ketones is 1. The predicted octanol–water partition coefficient (Wildman–Crippen LogP) is 6.34. The molecule has 31 heavy (non-hydrogen) atoms. The molecule has 0 aliphatic carbocycles. The molecule has 3 nitrogen and oxygen atoms in total. The van der Waals surface area contributed by atoms with Crippen LogP contribution >= 0.6 is 0 Å². The van der Waals surface area contributed by atoms with Crippen molar-refractivity contribution in [3.05, 3.63) is 71.0 Å². The first-order valence-corrected chi connectivity index (χ1v) is 10.6. The van der Waals surface area contributed by atoms with E-state index in [0.717, 1.165) is 25.3 Å². The third-order valence-corrected chi connectivity index (χ3v) is 5.52. The quantitative estimate of drug-likeness (QED) is 0.341. The van der Waals surface area contributed by atoms with Gasteiger partial charge in [-0.1, -0.05) is 56.2 Å². The topological polar surface area (TPSA) is 32.7 Å². The molecule has 0 radical (unpaired) electrons. The molecule has 3 rings (SSSR count). The van der Waals surface area contributed by atoms with Gasteiger partial charge in [0.05, 0.1) is 11.6 Å². The predicted molar refractivity (Wildman–Crippen MR) is 112 cm³/mol. The van der Waals surface area contributed by atoms with E-state index in [-0.39, 0.29) is 42.5 Å². The van der Waals surface area contributed by atoms with Gasteiger partial charge in [-0.05, 0) is 30.5 Å². The monoisotopic (exact) mass is 434 g/mol. The van der Waals surface area contributed by atoms with Crippen molar-refractivity contribution in [1.82, 2.24) is 5.01 Å². The first-order valence-electron chi connectivity index (χ1n) is 10.6. The zero-order chi connectivity index (χ0) is 22.4. The van der Waals surface area contributed by atoms with Crippen molar-refractivity contribution in [2.45, 2.75) is 57.7 Å². The van der Waals surface area contributed by atoms with E-state index in [0.29, 0.717) is 17.8 Å². The lowest BCUT2D eigenvalue weighted by Crippen LogP contribution is -2.21. The molecule has 1 aliphatic rings. The van der Waals surface area contributed by atoms with Gasteiger partial charge < -0.3 is 0 Å². The van der Waals surface area contributed by atoms with Gasteiger partial charge in [0.2, 0.25) is 0 Å². The number of halogens is 4. The van der Waals surface area contributed by atoms with Crippen LogP contribution in [0.15, 0.2) is 53.6 Å². The summed E-state index contributed by atoms with van der Waals surface area (Å²) in [6.45, 7) is 2.68. The lowest BCUT2D eigenvalue weighted by atomic mass is 9.96. The van der Waals surface area contributed by atoms with Crippen LogP contribution in [0.4, 0.5) is 17.6 Å². The Kier molecular flexibility index (Phi) is 7.46. The number of hydrazone groups is 1. The Bertz CT molecular complexity index is 939. The molecule has 0 saturated carbocycles. The summed E-state index contributed by atoms with van der Waals surface area (Å²) in [6, 6.07) is 11.3. The maximum atomic E-state index is 14.4. The lowest BCUT2D eigenvalue weighted by Gasteiger charge is -2.24. The average Bonchev–Trinajstić information content (AvgIpc) is 3.16. The number of hydrogen-bond donors (Lipinski definition) is 0. The number of benzene rings is 2. The number of Topliss-reactive ketones (excluding diaryl/α,β-unsaturated/α-hetero) is 1. The van der Waals surface area contributed by atoms with Gasteiger partial charge in [-0.2, -0.15) is 18.3 Å². The van der Waals surface area contributed by atoms with E-state index in [2.05, 4.69) is 12.0 Å². The average molecular weight is 434 g/mol. The largest absolute Gasteiger partial charge is 0.416 e. The third-order valence-electron chi connectivity index (χ3n) is 5.52. The van der Waals surface area contributed by atoms with E-state index in [1.165, 1.54) is 24.3 Å². The van der Waals surface area contributed by atoms with E-state index in [4.69, 9.17) is 0 Å². The van der Waals surface area contributed by atoms with Crippen LogP contribution in [0, 0.1) is 5.82 Å². The van der Waals surface area contributed by atoms with E-state index < -0.39 is 11.7 Å². The first kappa shape index (κ1) is 23.0. The van der Waals surface area contributed by atoms with Gasteiger partial charge >= 0.3 is 6.18 Å². The molecule has 7 heteroatoms. The summed E-state index contributed by atoms with van der Waals surface area (Å²) in [5.41, 5.74) is 0.149. The lowest BCUT2D eigenvalue weighted by molar-refractivity contribution is -0.138. The molecule has 0 aromatic heterocycles. The van der Waals surface area contributed by atoms with Crippen molar-refractivity contribution in [3.8, 4) is 0 Å². The zero-order valence-electron chi connectivity index (χ0n) is 17.5. The second kappa shape index (κ2) is 10.1. The molecule has 1 aliphatic heterocycles. The standard InChI is InChI=1S/C24H26F4N2O/c1-2-3-8-15-30-22(18-10-5-7-12-20(18)25)16-21(29-30)23(31)14-13-17-9-4-6-11-19(17)24(26,27)28/h4-7,9-12,22H,2-3,8,13-16H2,1H3. The molecule has 1 atom stereocenters. The second-order valence-corrected chi connectivity index (χ2v) is 7.74. The van der Waals surface area contributed by atoms with Gasteiger partial charge in [-0.15, -0.1) is 0 Å². The summed E-state index contributed by atoms with van der Waals surface area (Å²) in [4.78, 5) is 12.8. The van der Waals surface area contributed by atoms with Crippen LogP contribution in [0.3, 0.4) is 0 Å². The molecule has 2 aromatic carbocycles. The van der Waals surface area contributed by atoms with Crippen molar-refractivity contribution in [2.75, 3.05) is 6.54 Å². The highest BCUT2D eigenvalue weighted by atomic mass is 19.4. The van der Waals surface area contributed by atoms with Crippen LogP contribution in [0.2, 0.25) is 0 Å². The maximum Gasteiger partial charge on any atom is 0.416 e. The second-order valence-electron chi connectivity index (χ2n) is 7.74. The first-order chi connectivity index (χ1) is 14.8. The number of alkyl halides is 3. The number of hydrogen-bond acceptors (Lipinski definition) is 3. The minimum atomic E-state index is -4.46. The fraction of sp³-hybridized carbons (Fsp3) is 0.417. The minimum absolute atomic E-state index is 0.0201. The molecule has 0 spiro atoms. The molecule has 0 N–H and O–H groups in total. The molecular formula is C24H26F4N2O. The summed E-state index contributed by atoms with van der Waals surface area (Å²) >= 11 is 0. The molecule has 0 bridgehead atoms. The van der Waals surface area contributed by atoms with Crippen molar-refractivity contribution in [2.24, 2.45) is 5.10 Å². The normalized spacial score (nSPS) is 16.5. The van der Waals surface area contributed by atoms with Gasteiger partial charge in [-0.3, -0.25) is 9.80 Å².